The van der Waals surface area contributed by atoms with Gasteiger partial charge in [-0.1, -0.05) is 32.9 Å². The molecule has 6 rings (SSSR count). The van der Waals surface area contributed by atoms with Crippen molar-refractivity contribution in [3.63, 3.8) is 0 Å². The lowest BCUT2D eigenvalue weighted by atomic mass is 9.65. The minimum Gasteiger partial charge on any atom is -0.459 e. The van der Waals surface area contributed by atoms with Crippen LogP contribution in [0, 0.1) is 35.0 Å². The monoisotopic (exact) mass is 835 g/mol. The molecular weight excluding hydrogens is 771 g/mol. The van der Waals surface area contributed by atoms with Crippen LogP contribution in [0.25, 0.3) is 11.3 Å². The van der Waals surface area contributed by atoms with E-state index in [0.29, 0.717) is 42.1 Å². The molecule has 3 saturated heterocycles. The summed E-state index contributed by atoms with van der Waals surface area (Å²) in [5, 5.41) is 25.9. The number of amides is 1. The van der Waals surface area contributed by atoms with Crippen molar-refractivity contribution in [1.82, 2.24) is 15.0 Å². The van der Waals surface area contributed by atoms with Gasteiger partial charge in [-0.2, -0.15) is 0 Å². The highest BCUT2D eigenvalue weighted by atomic mass is 16.7. The summed E-state index contributed by atoms with van der Waals surface area (Å²) in [5.74, 6) is -4.99. The molecule has 3 unspecified atom stereocenters. The van der Waals surface area contributed by atoms with Crippen LogP contribution in [0.15, 0.2) is 40.1 Å². The van der Waals surface area contributed by atoms with Crippen LogP contribution in [0.5, 0.6) is 0 Å². The maximum atomic E-state index is 14.6. The van der Waals surface area contributed by atoms with Crippen molar-refractivity contribution in [2.24, 2.45) is 34.6 Å². The summed E-state index contributed by atoms with van der Waals surface area (Å²) in [4.78, 5) is 53.3. The standard InChI is InChI=1S/C45H65N5O10/c1-12-36-43(8,54)34-16-14-31(46)21-45(28(6)38(49-29(7)51)40(25(34)3)55-23-32-15-13-30(22-47-32)35-17-18-48-59-35)44(9,60-45)41(26(4)39(52)27(5)42(53)57-36)58-37-20-33(50(10)11)19-24(2)56-37/h13,15,17-18,22,24-28,33-34,36-37,40-41,46,54H,12,14,16,19-21,23H2,1-11H3/t24-,25-,26+,27-,28+,33+,34-,36-,37+,40?,41-,43?,44+,45?/m1/s1. The number of nitrogens with zero attached hydrogens (tertiary/aromatic N) is 4. The molecule has 2 bridgehead atoms. The number of nitrogens with one attached hydrogen (secondary N) is 1. The highest BCUT2D eigenvalue weighted by Crippen LogP contribution is 2.61. The van der Waals surface area contributed by atoms with Gasteiger partial charge < -0.3 is 43.6 Å². The number of epoxide rings is 1. The third kappa shape index (κ3) is 8.94. The zero-order chi connectivity index (χ0) is 43.9. The van der Waals surface area contributed by atoms with Crippen molar-refractivity contribution in [1.29, 1.82) is 5.41 Å². The Morgan fingerprint density at radius 2 is 1.83 bits per heavy atom. The SMILES string of the molecule is CC[C@H]1OC(=O)[C@H](C)C(=O)[C@H](C)[C@@H](O[C@H]2C[C@@H](N(C)C)C[C@@H](C)O2)[C@]2(C)OC23CC(=N)CC[C@H]([C@@H](C)C(OCc2ccc(-c4ccno4)cn2)C(=NC(C)=O)[C@@H]3C)C1(C)O. The lowest BCUT2D eigenvalue weighted by Crippen LogP contribution is -2.55. The molecule has 15 nitrogen and oxygen atoms in total. The normalized spacial score (nSPS) is 40.0. The molecule has 60 heavy (non-hydrogen) atoms. The van der Waals surface area contributed by atoms with E-state index in [0.717, 1.165) is 12.0 Å². The van der Waals surface area contributed by atoms with Gasteiger partial charge in [-0.15, -0.1) is 0 Å². The number of aliphatic hydroxyl groups is 1. The molecule has 1 amide bonds. The smallest absolute Gasteiger partial charge is 0.316 e. The maximum Gasteiger partial charge on any atom is 0.316 e. The van der Waals surface area contributed by atoms with Gasteiger partial charge in [0.05, 0.1) is 36.4 Å². The van der Waals surface area contributed by atoms with E-state index < -0.39 is 88.7 Å². The van der Waals surface area contributed by atoms with E-state index in [1.165, 1.54) is 13.8 Å². The number of esters is 1. The van der Waals surface area contributed by atoms with Crippen LogP contribution in [-0.4, -0.2) is 117 Å². The third-order valence-electron chi connectivity index (χ3n) is 14.0. The molecule has 1 aliphatic carbocycles. The van der Waals surface area contributed by atoms with Gasteiger partial charge in [0, 0.05) is 61.2 Å². The van der Waals surface area contributed by atoms with E-state index in [-0.39, 0.29) is 31.6 Å². The van der Waals surface area contributed by atoms with E-state index in [1.54, 1.807) is 32.3 Å². The molecule has 330 valence electrons. The number of pyridine rings is 1. The molecule has 2 N–H and O–H groups in total. The van der Waals surface area contributed by atoms with Gasteiger partial charge in [0.25, 0.3) is 0 Å². The van der Waals surface area contributed by atoms with Gasteiger partial charge in [-0.25, -0.2) is 4.99 Å². The maximum absolute atomic E-state index is 14.6. The van der Waals surface area contributed by atoms with Crippen LogP contribution in [0.3, 0.4) is 0 Å². The Kier molecular flexibility index (Phi) is 13.7. The fourth-order valence-corrected chi connectivity index (χ4v) is 10.3. The number of hydrogen-bond donors (Lipinski definition) is 2. The van der Waals surface area contributed by atoms with Crippen molar-refractivity contribution in [2.45, 2.75) is 161 Å². The average Bonchev–Trinajstić information content (AvgIpc) is 3.48. The molecule has 0 radical (unpaired) electrons. The van der Waals surface area contributed by atoms with Crippen LogP contribution in [0.1, 0.15) is 107 Å². The fraction of sp³-hybridized carbons (Fsp3) is 0.711. The van der Waals surface area contributed by atoms with Gasteiger partial charge in [0.1, 0.15) is 34.9 Å². The first kappa shape index (κ1) is 45.8. The molecule has 5 heterocycles. The van der Waals surface area contributed by atoms with Gasteiger partial charge in [0.15, 0.2) is 17.8 Å². The number of rotatable bonds is 8. The number of Topliss-reactive ketones (excluding diaryl/α,β-unsaturated/α-hetero) is 1. The van der Waals surface area contributed by atoms with Gasteiger partial charge in [-0.05, 0) is 91.4 Å². The van der Waals surface area contributed by atoms with Crippen LogP contribution in [0.4, 0.5) is 0 Å². The predicted octanol–water partition coefficient (Wildman–Crippen LogP) is 6.00. The number of hydrogen-bond acceptors (Lipinski definition) is 14. The average molecular weight is 836 g/mol. The number of cyclic esters (lactones) is 1. The predicted molar refractivity (Wildman–Crippen MR) is 222 cm³/mol. The van der Waals surface area contributed by atoms with Crippen LogP contribution in [-0.2, 0) is 44.7 Å². The molecule has 3 aliphatic heterocycles. The first-order valence-electron chi connectivity index (χ1n) is 21.5. The van der Waals surface area contributed by atoms with Crippen molar-refractivity contribution in [3.05, 3.63) is 36.3 Å². The van der Waals surface area contributed by atoms with Crippen LogP contribution in [0.2, 0.25) is 0 Å². The van der Waals surface area contributed by atoms with E-state index in [2.05, 4.69) is 15.0 Å². The van der Waals surface area contributed by atoms with E-state index in [4.69, 9.17) is 33.2 Å². The number of carbonyl (C=O) groups is 3. The zero-order valence-corrected chi connectivity index (χ0v) is 37.1. The van der Waals surface area contributed by atoms with Crippen LogP contribution >= 0.6 is 0 Å². The second-order valence-corrected chi connectivity index (χ2v) is 18.3. The summed E-state index contributed by atoms with van der Waals surface area (Å²) in [6.45, 7) is 15.9. The Labute approximate surface area is 353 Å². The Hall–Kier alpha value is -3.73. The summed E-state index contributed by atoms with van der Waals surface area (Å²) in [7, 11) is 4.03. The molecular formula is C45H65N5O10. The van der Waals surface area contributed by atoms with E-state index >= 15 is 0 Å². The highest BCUT2D eigenvalue weighted by Gasteiger charge is 2.75. The second-order valence-electron chi connectivity index (χ2n) is 18.3. The van der Waals surface area contributed by atoms with E-state index in [9.17, 15) is 24.9 Å². The van der Waals surface area contributed by atoms with Crippen molar-refractivity contribution < 1.29 is 47.7 Å². The number of fused-ring (bicyclic) bond motifs is 4. The van der Waals surface area contributed by atoms with Gasteiger partial charge in [0.2, 0.25) is 5.91 Å². The molecule has 14 atom stereocenters. The molecule has 4 aliphatic rings. The Balaban J connectivity index is 1.50. The van der Waals surface area contributed by atoms with E-state index in [1.807, 2.05) is 60.8 Å². The summed E-state index contributed by atoms with van der Waals surface area (Å²) in [5.41, 5.74) is -1.98. The minimum absolute atomic E-state index is 0.0242. The molecule has 2 aromatic rings. The number of carbonyl (C=O) groups excluding carboxylic acids is 3. The molecule has 1 saturated carbocycles. The first-order chi connectivity index (χ1) is 28.2. The molecule has 15 heteroatoms. The highest BCUT2D eigenvalue weighted by molar-refractivity contribution is 6.02. The zero-order valence-electron chi connectivity index (χ0n) is 37.1. The Morgan fingerprint density at radius 3 is 2.45 bits per heavy atom. The third-order valence-corrected chi connectivity index (χ3v) is 14.0. The first-order valence-corrected chi connectivity index (χ1v) is 21.5. The molecule has 0 aromatic carbocycles. The second kappa shape index (κ2) is 17.9. The summed E-state index contributed by atoms with van der Waals surface area (Å²) in [6.07, 6.45) is 1.87. The largest absolute Gasteiger partial charge is 0.459 e. The summed E-state index contributed by atoms with van der Waals surface area (Å²) in [6, 6.07) is 5.58. The minimum atomic E-state index is -1.66. The summed E-state index contributed by atoms with van der Waals surface area (Å²) < 4.78 is 38.6. The molecule has 1 spiro atoms. The Morgan fingerprint density at radius 1 is 1.10 bits per heavy atom. The fourth-order valence-electron chi connectivity index (χ4n) is 10.3. The number of ketones is 1. The van der Waals surface area contributed by atoms with Crippen LogP contribution < -0.4 is 0 Å². The summed E-state index contributed by atoms with van der Waals surface area (Å²) >= 11 is 0. The lowest BCUT2D eigenvalue weighted by Gasteiger charge is -2.45. The van der Waals surface area contributed by atoms with Crippen molar-refractivity contribution >= 4 is 29.1 Å². The molecule has 2 aromatic heterocycles. The quantitative estimate of drug-likeness (QED) is 0.179. The lowest BCUT2D eigenvalue weighted by molar-refractivity contribution is -0.238. The number of aromatic nitrogens is 2. The van der Waals surface area contributed by atoms with Crippen molar-refractivity contribution in [3.8, 4) is 11.3 Å². The number of ether oxygens (including phenoxy) is 5. The Bertz CT molecular complexity index is 1900. The van der Waals surface area contributed by atoms with Gasteiger partial charge in [-0.3, -0.25) is 19.4 Å². The van der Waals surface area contributed by atoms with Gasteiger partial charge >= 0.3 is 5.97 Å². The molecule has 4 fully saturated rings. The topological polar surface area (TPSA) is 199 Å². The van der Waals surface area contributed by atoms with Crippen molar-refractivity contribution in [2.75, 3.05) is 14.1 Å². The number of aliphatic imine (C=N–C) groups is 1.